The molecule has 0 aromatic heterocycles. The predicted molar refractivity (Wildman–Crippen MR) is 158 cm³/mol. The molecule has 1 fully saturated rings. The van der Waals surface area contributed by atoms with E-state index >= 15 is 0 Å². The molecule has 4 nitrogen and oxygen atoms in total. The van der Waals surface area contributed by atoms with Crippen molar-refractivity contribution >= 4 is 0 Å². The number of phenols is 1. The quantitative estimate of drug-likeness (QED) is 0.264. The number of aromatic hydroxyl groups is 1. The molecule has 0 radical (unpaired) electrons. The van der Waals surface area contributed by atoms with Crippen molar-refractivity contribution in [3.8, 4) is 11.5 Å². The van der Waals surface area contributed by atoms with E-state index in [2.05, 4.69) is 51.8 Å². The molecule has 2 N–H and O–H groups in total. The van der Waals surface area contributed by atoms with Gasteiger partial charge in [-0.1, -0.05) is 72.6 Å². The van der Waals surface area contributed by atoms with Gasteiger partial charge in [0.25, 0.3) is 0 Å². The van der Waals surface area contributed by atoms with Crippen molar-refractivity contribution in [2.75, 3.05) is 26.2 Å². The van der Waals surface area contributed by atoms with E-state index in [9.17, 15) is 5.11 Å². The summed E-state index contributed by atoms with van der Waals surface area (Å²) in [5.74, 6) is 4.07. The lowest BCUT2D eigenvalue weighted by Crippen LogP contribution is -2.43. The highest BCUT2D eigenvalue weighted by atomic mass is 16.5. The van der Waals surface area contributed by atoms with Gasteiger partial charge in [-0.05, 0) is 75.3 Å². The zero-order valence-corrected chi connectivity index (χ0v) is 25.3. The molecule has 212 valence electrons. The van der Waals surface area contributed by atoms with E-state index in [-0.39, 0.29) is 5.60 Å². The number of rotatable bonds is 14. The number of ether oxygens (including phenoxy) is 1. The van der Waals surface area contributed by atoms with E-state index in [1.165, 1.54) is 56.9 Å². The zero-order chi connectivity index (χ0) is 27.0. The Bertz CT molecular complexity index is 845. The van der Waals surface area contributed by atoms with Gasteiger partial charge in [0.2, 0.25) is 0 Å². The Morgan fingerprint density at radius 1 is 0.892 bits per heavy atom. The van der Waals surface area contributed by atoms with Gasteiger partial charge in [0, 0.05) is 43.9 Å². The summed E-state index contributed by atoms with van der Waals surface area (Å²) in [4.78, 5) is 2.46. The summed E-state index contributed by atoms with van der Waals surface area (Å²) in [7, 11) is 0. The molecule has 0 saturated carbocycles. The molecule has 0 amide bonds. The molecular formula is C33H58N2O2. The minimum absolute atomic E-state index is 0.0991. The van der Waals surface area contributed by atoms with Crippen LogP contribution < -0.4 is 10.1 Å². The maximum Gasteiger partial charge on any atom is 0.127 e. The molecule has 2 aliphatic heterocycles. The van der Waals surface area contributed by atoms with Crippen molar-refractivity contribution < 1.29 is 9.84 Å². The average molecular weight is 515 g/mol. The topological polar surface area (TPSA) is 44.7 Å². The first-order valence-electron chi connectivity index (χ1n) is 15.6. The summed E-state index contributed by atoms with van der Waals surface area (Å²) in [6, 6.07) is 0. The molecule has 1 aromatic carbocycles. The lowest BCUT2D eigenvalue weighted by molar-refractivity contribution is 0.0507. The van der Waals surface area contributed by atoms with Gasteiger partial charge in [-0.2, -0.15) is 0 Å². The molecule has 4 heteroatoms. The zero-order valence-electron chi connectivity index (χ0n) is 25.3. The third-order valence-electron chi connectivity index (χ3n) is 9.30. The van der Waals surface area contributed by atoms with Crippen LogP contribution in [0.15, 0.2) is 0 Å². The van der Waals surface area contributed by atoms with E-state index in [0.717, 1.165) is 92.2 Å². The van der Waals surface area contributed by atoms with Gasteiger partial charge >= 0.3 is 0 Å². The first kappa shape index (κ1) is 30.3. The third kappa shape index (κ3) is 8.88. The van der Waals surface area contributed by atoms with Crippen molar-refractivity contribution in [2.24, 2.45) is 17.8 Å². The molecule has 3 atom stereocenters. The summed E-state index contributed by atoms with van der Waals surface area (Å²) in [5, 5.41) is 14.5. The number of hydrogen-bond acceptors (Lipinski definition) is 4. The lowest BCUT2D eigenvalue weighted by atomic mass is 9.83. The summed E-state index contributed by atoms with van der Waals surface area (Å²) in [5.41, 5.74) is 4.37. The van der Waals surface area contributed by atoms with Crippen molar-refractivity contribution in [1.29, 1.82) is 0 Å². The Balaban J connectivity index is 1.49. The minimum atomic E-state index is -0.0991. The Labute approximate surface area is 228 Å². The molecule has 3 unspecified atom stereocenters. The second kappa shape index (κ2) is 14.2. The number of hydrogen-bond donors (Lipinski definition) is 2. The molecule has 2 heterocycles. The van der Waals surface area contributed by atoms with Gasteiger partial charge in [-0.25, -0.2) is 0 Å². The molecule has 0 bridgehead atoms. The second-order valence-electron chi connectivity index (χ2n) is 13.3. The van der Waals surface area contributed by atoms with Gasteiger partial charge in [-0.3, -0.25) is 4.90 Å². The normalized spacial score (nSPS) is 22.1. The standard InChI is InChI=1S/C33H58N2O2/c1-24(2)11-8-12-25(3)13-9-14-26(4)15-10-17-33(7)18-16-29-30(23-35-21-19-34-20-22-35)31(36)27(5)28(6)32(29)37-33/h24-26,34,36H,8-23H2,1-7H3. The first-order valence-corrected chi connectivity index (χ1v) is 15.6. The average Bonchev–Trinajstić information content (AvgIpc) is 2.86. The molecule has 1 aromatic rings. The molecule has 3 rings (SSSR count). The van der Waals surface area contributed by atoms with Gasteiger partial charge in [0.15, 0.2) is 0 Å². The number of benzene rings is 1. The monoisotopic (exact) mass is 514 g/mol. The van der Waals surface area contributed by atoms with E-state index in [0.29, 0.717) is 5.75 Å². The highest BCUT2D eigenvalue weighted by Crippen LogP contribution is 2.45. The predicted octanol–water partition coefficient (Wildman–Crippen LogP) is 7.94. The van der Waals surface area contributed by atoms with Crippen LogP contribution in [0.4, 0.5) is 0 Å². The van der Waals surface area contributed by atoms with Crippen LogP contribution in [0, 0.1) is 31.6 Å². The molecule has 2 aliphatic rings. The summed E-state index contributed by atoms with van der Waals surface area (Å²) >= 11 is 0. The fourth-order valence-electron chi connectivity index (χ4n) is 6.41. The largest absolute Gasteiger partial charge is 0.507 e. The number of fused-ring (bicyclic) bond motifs is 1. The van der Waals surface area contributed by atoms with Gasteiger partial charge in [0.05, 0.1) is 0 Å². The Morgan fingerprint density at radius 3 is 2.11 bits per heavy atom. The van der Waals surface area contributed by atoms with Crippen molar-refractivity contribution in [3.05, 3.63) is 22.3 Å². The Hall–Kier alpha value is -1.26. The van der Waals surface area contributed by atoms with Crippen LogP contribution in [0.1, 0.15) is 121 Å². The van der Waals surface area contributed by atoms with Crippen LogP contribution in [0.3, 0.4) is 0 Å². The van der Waals surface area contributed by atoms with Crippen molar-refractivity contribution in [1.82, 2.24) is 10.2 Å². The van der Waals surface area contributed by atoms with E-state index in [1.54, 1.807) is 0 Å². The van der Waals surface area contributed by atoms with Crippen molar-refractivity contribution in [3.63, 3.8) is 0 Å². The summed E-state index contributed by atoms with van der Waals surface area (Å²) in [6.07, 6.45) is 14.0. The Morgan fingerprint density at radius 2 is 1.49 bits per heavy atom. The maximum absolute atomic E-state index is 11.1. The van der Waals surface area contributed by atoms with Gasteiger partial charge in [0.1, 0.15) is 17.1 Å². The molecule has 37 heavy (non-hydrogen) atoms. The van der Waals surface area contributed by atoms with E-state index < -0.39 is 0 Å². The highest BCUT2D eigenvalue weighted by Gasteiger charge is 2.35. The molecule has 1 saturated heterocycles. The smallest absolute Gasteiger partial charge is 0.127 e. The number of nitrogens with zero attached hydrogens (tertiary/aromatic N) is 1. The van der Waals surface area contributed by atoms with Gasteiger partial charge in [-0.15, -0.1) is 0 Å². The van der Waals surface area contributed by atoms with Crippen LogP contribution in [-0.2, 0) is 13.0 Å². The molecule has 0 aliphatic carbocycles. The van der Waals surface area contributed by atoms with Crippen LogP contribution in [0.5, 0.6) is 11.5 Å². The van der Waals surface area contributed by atoms with Gasteiger partial charge < -0.3 is 15.2 Å². The Kier molecular flexibility index (Phi) is 11.6. The van der Waals surface area contributed by atoms with Crippen LogP contribution in [-0.4, -0.2) is 41.8 Å². The molecule has 0 spiro atoms. The number of piperazine rings is 1. The van der Waals surface area contributed by atoms with Crippen molar-refractivity contribution in [2.45, 2.75) is 131 Å². The van der Waals surface area contributed by atoms with Crippen LogP contribution in [0.25, 0.3) is 0 Å². The SMILES string of the molecule is Cc1c(C)c2c(c(CN3CCNCC3)c1O)CCC(C)(CCCC(C)CCCC(C)CCCC(C)C)O2. The third-order valence-corrected chi connectivity index (χ3v) is 9.30. The lowest BCUT2D eigenvalue weighted by Gasteiger charge is -2.39. The molecular weight excluding hydrogens is 456 g/mol. The maximum atomic E-state index is 11.1. The van der Waals surface area contributed by atoms with E-state index in [4.69, 9.17) is 4.74 Å². The van der Waals surface area contributed by atoms with E-state index in [1.807, 2.05) is 6.92 Å². The summed E-state index contributed by atoms with van der Waals surface area (Å²) in [6.45, 7) is 21.0. The summed E-state index contributed by atoms with van der Waals surface area (Å²) < 4.78 is 6.82. The minimum Gasteiger partial charge on any atom is -0.507 e. The van der Waals surface area contributed by atoms with Crippen LogP contribution in [0.2, 0.25) is 0 Å². The fraction of sp³-hybridized carbons (Fsp3) is 0.818. The van der Waals surface area contributed by atoms with Crippen LogP contribution >= 0.6 is 0 Å². The highest BCUT2D eigenvalue weighted by molar-refractivity contribution is 5.59. The number of phenolic OH excluding ortho intramolecular Hbond substituents is 1. The number of nitrogens with one attached hydrogen (secondary N) is 1. The first-order chi connectivity index (χ1) is 17.6. The fourth-order valence-corrected chi connectivity index (χ4v) is 6.41. The second-order valence-corrected chi connectivity index (χ2v) is 13.3.